The molecular weight excluding hydrogens is 344 g/mol. The van der Waals surface area contributed by atoms with Gasteiger partial charge in [0.25, 0.3) is 0 Å². The van der Waals surface area contributed by atoms with Crippen molar-refractivity contribution in [1.82, 2.24) is 25.5 Å². The van der Waals surface area contributed by atoms with Crippen LogP contribution in [0.4, 0.5) is 0 Å². The molecule has 1 amide bonds. The summed E-state index contributed by atoms with van der Waals surface area (Å²) in [6, 6.07) is 9.33. The zero-order chi connectivity index (χ0) is 19.7. The van der Waals surface area contributed by atoms with Gasteiger partial charge in [0.05, 0.1) is 13.2 Å². The number of ether oxygens (including phenoxy) is 1. The van der Waals surface area contributed by atoms with Crippen LogP contribution >= 0.6 is 0 Å². The highest BCUT2D eigenvalue weighted by molar-refractivity contribution is 5.76. The molecule has 0 saturated heterocycles. The Labute approximate surface area is 159 Å². The Kier molecular flexibility index (Phi) is 7.44. The van der Waals surface area contributed by atoms with Crippen molar-refractivity contribution in [1.29, 1.82) is 0 Å². The predicted octanol–water partition coefficient (Wildman–Crippen LogP) is 2.40. The van der Waals surface area contributed by atoms with Gasteiger partial charge in [-0.2, -0.15) is 0 Å². The fraction of sp³-hybridized carbons (Fsp3) is 0.526. The molecule has 0 saturated carbocycles. The molecule has 1 aromatic heterocycles. The van der Waals surface area contributed by atoms with Crippen molar-refractivity contribution in [3.63, 3.8) is 0 Å². The highest BCUT2D eigenvalue weighted by Crippen LogP contribution is 2.19. The second kappa shape index (κ2) is 9.78. The minimum absolute atomic E-state index is 0.0875. The number of benzene rings is 1. The average Bonchev–Trinajstić information content (AvgIpc) is 3.07. The van der Waals surface area contributed by atoms with E-state index in [-0.39, 0.29) is 24.5 Å². The molecule has 1 N–H and O–H groups in total. The van der Waals surface area contributed by atoms with Gasteiger partial charge in [-0.3, -0.25) is 4.79 Å². The Morgan fingerprint density at radius 1 is 1.33 bits per heavy atom. The van der Waals surface area contributed by atoms with Crippen LogP contribution in [0, 0.1) is 12.0 Å². The fourth-order valence-corrected chi connectivity index (χ4v) is 2.54. The largest absolute Gasteiger partial charge is 0.374 e. The van der Waals surface area contributed by atoms with Crippen LogP contribution in [0.1, 0.15) is 44.6 Å². The maximum atomic E-state index is 12.4. The van der Waals surface area contributed by atoms with Gasteiger partial charge < -0.3 is 14.9 Å². The average molecular weight is 370 g/mol. The van der Waals surface area contributed by atoms with Crippen LogP contribution in [0.3, 0.4) is 0 Å². The molecule has 0 unspecified atom stereocenters. The topological polar surface area (TPSA) is 86.3 Å². The van der Waals surface area contributed by atoms with Crippen LogP contribution < -0.4 is 5.32 Å². The molecule has 1 atom stereocenters. The quantitative estimate of drug-likeness (QED) is 0.685. The zero-order valence-corrected chi connectivity index (χ0v) is 16.1. The Hall–Kier alpha value is -2.79. The maximum Gasteiger partial charge on any atom is 0.234 e. The van der Waals surface area contributed by atoms with Crippen LogP contribution in [0.2, 0.25) is 0 Å². The molecule has 0 radical (unpaired) electrons. The lowest BCUT2D eigenvalue weighted by Crippen LogP contribution is -2.35. The smallest absolute Gasteiger partial charge is 0.234 e. The first-order valence-electron chi connectivity index (χ1n) is 8.89. The molecule has 0 spiro atoms. The molecule has 8 nitrogen and oxygen atoms in total. The molecule has 0 fully saturated rings. The highest BCUT2D eigenvalue weighted by atomic mass is 16.5. The number of hydrogen-bond acceptors (Lipinski definition) is 5. The van der Waals surface area contributed by atoms with Crippen molar-refractivity contribution in [3.8, 4) is 0 Å². The molecule has 2 aromatic rings. The van der Waals surface area contributed by atoms with Crippen LogP contribution in [0.25, 0.3) is 4.85 Å². The fourth-order valence-electron chi connectivity index (χ4n) is 2.54. The third-order valence-corrected chi connectivity index (χ3v) is 3.72. The number of hydrogen-bond donors (Lipinski definition) is 1. The summed E-state index contributed by atoms with van der Waals surface area (Å²) >= 11 is 0. The minimum atomic E-state index is -0.482. The van der Waals surface area contributed by atoms with Crippen molar-refractivity contribution < 1.29 is 9.53 Å². The van der Waals surface area contributed by atoms with Gasteiger partial charge in [-0.1, -0.05) is 51.1 Å². The van der Waals surface area contributed by atoms with Gasteiger partial charge >= 0.3 is 0 Å². The van der Waals surface area contributed by atoms with Crippen LogP contribution in [0.5, 0.6) is 0 Å². The number of nitrogens with one attached hydrogen (secondary N) is 1. The number of tetrazole rings is 1. The van der Waals surface area contributed by atoms with E-state index in [1.165, 1.54) is 0 Å². The molecule has 0 aliphatic rings. The number of carbonyl (C=O) groups is 1. The van der Waals surface area contributed by atoms with E-state index in [9.17, 15) is 4.79 Å². The van der Waals surface area contributed by atoms with Crippen LogP contribution in [-0.2, 0) is 22.7 Å². The van der Waals surface area contributed by atoms with Gasteiger partial charge in [0.15, 0.2) is 5.82 Å². The van der Waals surface area contributed by atoms with E-state index in [2.05, 4.69) is 25.7 Å². The number of carbonyl (C=O) groups excluding carboxylic acids is 1. The van der Waals surface area contributed by atoms with Gasteiger partial charge in [0.1, 0.15) is 12.6 Å². The predicted molar refractivity (Wildman–Crippen MR) is 100 cm³/mol. The van der Waals surface area contributed by atoms with Gasteiger partial charge in [0.2, 0.25) is 12.5 Å². The first-order chi connectivity index (χ1) is 12.9. The summed E-state index contributed by atoms with van der Waals surface area (Å²) in [6.45, 7) is 14.3. The van der Waals surface area contributed by atoms with E-state index in [0.29, 0.717) is 25.4 Å². The zero-order valence-electron chi connectivity index (χ0n) is 16.1. The van der Waals surface area contributed by atoms with Crippen LogP contribution in [-0.4, -0.2) is 39.3 Å². The van der Waals surface area contributed by atoms with Gasteiger partial charge in [0, 0.05) is 6.42 Å². The van der Waals surface area contributed by atoms with E-state index in [1.807, 2.05) is 51.1 Å². The number of rotatable bonds is 9. The molecule has 1 heterocycles. The number of nitrogens with zero attached hydrogens (tertiary/aromatic N) is 5. The third-order valence-electron chi connectivity index (χ3n) is 3.72. The van der Waals surface area contributed by atoms with E-state index in [4.69, 9.17) is 11.3 Å². The summed E-state index contributed by atoms with van der Waals surface area (Å²) < 4.78 is 7.36. The molecule has 144 valence electrons. The summed E-state index contributed by atoms with van der Waals surface area (Å²) in [5.74, 6) is 0.407. The van der Waals surface area contributed by atoms with Crippen molar-refractivity contribution in [3.05, 3.63) is 53.1 Å². The second-order valence-electron chi connectivity index (χ2n) is 7.50. The molecule has 1 aromatic carbocycles. The summed E-state index contributed by atoms with van der Waals surface area (Å²) in [5.41, 5.74) is 0.917. The Balaban J connectivity index is 2.07. The van der Waals surface area contributed by atoms with Crippen molar-refractivity contribution in [2.45, 2.75) is 46.4 Å². The van der Waals surface area contributed by atoms with Crippen molar-refractivity contribution >= 4 is 5.91 Å². The first kappa shape index (κ1) is 20.5. The summed E-state index contributed by atoms with van der Waals surface area (Å²) in [4.78, 5) is 15.8. The SMILES string of the molecule is [C-]#[N+]CCn1nnnc1[C@@H](COCc1ccccc1)NC(=O)CC(C)(C)C. The van der Waals surface area contributed by atoms with E-state index >= 15 is 0 Å². The van der Waals surface area contributed by atoms with E-state index < -0.39 is 6.04 Å². The Morgan fingerprint density at radius 3 is 2.74 bits per heavy atom. The second-order valence-corrected chi connectivity index (χ2v) is 7.50. The van der Waals surface area contributed by atoms with Crippen LogP contribution in [0.15, 0.2) is 30.3 Å². The first-order valence-corrected chi connectivity index (χ1v) is 8.89. The molecule has 27 heavy (non-hydrogen) atoms. The normalized spacial score (nSPS) is 12.4. The van der Waals surface area contributed by atoms with E-state index in [1.54, 1.807) is 4.68 Å². The summed E-state index contributed by atoms with van der Waals surface area (Å²) in [7, 11) is 0. The lowest BCUT2D eigenvalue weighted by Gasteiger charge is -2.22. The monoisotopic (exact) mass is 370 g/mol. The van der Waals surface area contributed by atoms with Gasteiger partial charge in [-0.05, 0) is 21.4 Å². The minimum Gasteiger partial charge on any atom is -0.374 e. The molecule has 0 aliphatic heterocycles. The molecule has 8 heteroatoms. The Bertz CT molecular complexity index is 760. The molecule has 0 aliphatic carbocycles. The number of aromatic nitrogens is 4. The van der Waals surface area contributed by atoms with Gasteiger partial charge in [-0.25, -0.2) is 11.3 Å². The molecule has 0 bridgehead atoms. The summed E-state index contributed by atoms with van der Waals surface area (Å²) in [6.07, 6.45) is 0.381. The lowest BCUT2D eigenvalue weighted by molar-refractivity contribution is -0.124. The van der Waals surface area contributed by atoms with E-state index in [0.717, 1.165) is 5.56 Å². The lowest BCUT2D eigenvalue weighted by atomic mass is 9.92. The van der Waals surface area contributed by atoms with Crippen molar-refractivity contribution in [2.24, 2.45) is 5.41 Å². The Morgan fingerprint density at radius 2 is 2.07 bits per heavy atom. The highest BCUT2D eigenvalue weighted by Gasteiger charge is 2.24. The van der Waals surface area contributed by atoms with Crippen molar-refractivity contribution in [2.75, 3.05) is 13.2 Å². The summed E-state index contributed by atoms with van der Waals surface area (Å²) in [5, 5.41) is 14.6. The number of amides is 1. The third kappa shape index (κ3) is 7.15. The standard InChI is InChI=1S/C19H26N6O2/c1-19(2,3)12-17(26)21-16(14-27-13-15-8-6-5-7-9-15)18-22-23-24-25(18)11-10-20-4/h5-9,16H,10-14H2,1-3H3,(H,21,26)/t16-/m1/s1. The molecular formula is C19H26N6O2. The molecule has 2 rings (SSSR count). The van der Waals surface area contributed by atoms with Gasteiger partial charge in [-0.15, -0.1) is 5.10 Å². The maximum absolute atomic E-state index is 12.4.